The second-order valence-corrected chi connectivity index (χ2v) is 6.35. The SMILES string of the molecule is Cc1cc2nc(C(C)N)n(CCCOc3ccccc3)c2cc1C. The molecule has 2 N–H and O–H groups in total. The maximum absolute atomic E-state index is 6.14. The van der Waals surface area contributed by atoms with E-state index in [9.17, 15) is 0 Å². The lowest BCUT2D eigenvalue weighted by atomic mass is 10.1. The highest BCUT2D eigenvalue weighted by Gasteiger charge is 2.14. The van der Waals surface area contributed by atoms with Crippen molar-refractivity contribution >= 4 is 11.0 Å². The molecule has 0 spiro atoms. The molecule has 3 aromatic rings. The van der Waals surface area contributed by atoms with Gasteiger partial charge >= 0.3 is 0 Å². The summed E-state index contributed by atoms with van der Waals surface area (Å²) >= 11 is 0. The van der Waals surface area contributed by atoms with Gasteiger partial charge in [-0.05, 0) is 62.6 Å². The largest absolute Gasteiger partial charge is 0.494 e. The van der Waals surface area contributed by atoms with Crippen LogP contribution in [0.25, 0.3) is 11.0 Å². The summed E-state index contributed by atoms with van der Waals surface area (Å²) in [6.45, 7) is 7.76. The van der Waals surface area contributed by atoms with Gasteiger partial charge in [-0.25, -0.2) is 4.98 Å². The van der Waals surface area contributed by atoms with Crippen LogP contribution in [0.4, 0.5) is 0 Å². The molecule has 0 aliphatic rings. The molecule has 1 aromatic heterocycles. The number of fused-ring (bicyclic) bond motifs is 1. The molecule has 24 heavy (non-hydrogen) atoms. The van der Waals surface area contributed by atoms with E-state index in [0.717, 1.165) is 35.6 Å². The Balaban J connectivity index is 1.77. The molecule has 0 radical (unpaired) electrons. The average Bonchev–Trinajstić information content (AvgIpc) is 2.91. The van der Waals surface area contributed by atoms with Crippen molar-refractivity contribution in [3.63, 3.8) is 0 Å². The van der Waals surface area contributed by atoms with Gasteiger partial charge in [0.05, 0.1) is 23.7 Å². The molecule has 0 saturated heterocycles. The van der Waals surface area contributed by atoms with Gasteiger partial charge in [0.15, 0.2) is 0 Å². The zero-order valence-corrected chi connectivity index (χ0v) is 14.6. The van der Waals surface area contributed by atoms with E-state index in [4.69, 9.17) is 15.5 Å². The fourth-order valence-corrected chi connectivity index (χ4v) is 2.91. The summed E-state index contributed by atoms with van der Waals surface area (Å²) < 4.78 is 8.03. The van der Waals surface area contributed by atoms with Crippen molar-refractivity contribution in [3.8, 4) is 5.75 Å². The molecule has 0 aliphatic carbocycles. The van der Waals surface area contributed by atoms with E-state index >= 15 is 0 Å². The third kappa shape index (κ3) is 3.44. The lowest BCUT2D eigenvalue weighted by Crippen LogP contribution is -2.15. The van der Waals surface area contributed by atoms with E-state index in [0.29, 0.717) is 6.61 Å². The molecular weight excluding hydrogens is 298 g/mol. The third-order valence-electron chi connectivity index (χ3n) is 4.34. The number of ether oxygens (including phenoxy) is 1. The first-order valence-corrected chi connectivity index (χ1v) is 8.47. The van der Waals surface area contributed by atoms with Crippen molar-refractivity contribution in [2.75, 3.05) is 6.61 Å². The predicted octanol–water partition coefficient (Wildman–Crippen LogP) is 4.14. The van der Waals surface area contributed by atoms with Gasteiger partial charge in [0.1, 0.15) is 11.6 Å². The maximum atomic E-state index is 6.14. The van der Waals surface area contributed by atoms with Crippen LogP contribution in [0, 0.1) is 13.8 Å². The molecule has 0 fully saturated rings. The van der Waals surface area contributed by atoms with Gasteiger partial charge in [-0.1, -0.05) is 18.2 Å². The van der Waals surface area contributed by atoms with Gasteiger partial charge < -0.3 is 15.0 Å². The highest BCUT2D eigenvalue weighted by atomic mass is 16.5. The number of aryl methyl sites for hydroxylation is 3. The highest BCUT2D eigenvalue weighted by molar-refractivity contribution is 5.78. The van der Waals surface area contributed by atoms with E-state index in [-0.39, 0.29) is 6.04 Å². The summed E-state index contributed by atoms with van der Waals surface area (Å²) in [6, 6.07) is 14.2. The van der Waals surface area contributed by atoms with Gasteiger partial charge in [0, 0.05) is 6.54 Å². The Morgan fingerprint density at radius 1 is 1.12 bits per heavy atom. The minimum Gasteiger partial charge on any atom is -0.494 e. The van der Waals surface area contributed by atoms with Crippen molar-refractivity contribution in [2.24, 2.45) is 5.73 Å². The smallest absolute Gasteiger partial charge is 0.126 e. The first kappa shape index (κ1) is 16.5. The van der Waals surface area contributed by atoms with Crippen LogP contribution in [0.2, 0.25) is 0 Å². The Morgan fingerprint density at radius 2 is 1.83 bits per heavy atom. The second-order valence-electron chi connectivity index (χ2n) is 6.35. The molecule has 0 aliphatic heterocycles. The molecule has 1 heterocycles. The van der Waals surface area contributed by atoms with Crippen molar-refractivity contribution in [1.29, 1.82) is 0 Å². The van der Waals surface area contributed by atoms with Crippen molar-refractivity contribution in [3.05, 3.63) is 59.4 Å². The summed E-state index contributed by atoms with van der Waals surface area (Å²) in [4.78, 5) is 4.75. The van der Waals surface area contributed by atoms with Crippen molar-refractivity contribution < 1.29 is 4.74 Å². The Morgan fingerprint density at radius 3 is 2.54 bits per heavy atom. The van der Waals surface area contributed by atoms with Gasteiger partial charge in [-0.2, -0.15) is 0 Å². The van der Waals surface area contributed by atoms with Crippen molar-refractivity contribution in [2.45, 2.75) is 39.8 Å². The van der Waals surface area contributed by atoms with E-state index in [1.807, 2.05) is 37.3 Å². The molecule has 4 nitrogen and oxygen atoms in total. The number of hydrogen-bond acceptors (Lipinski definition) is 3. The normalized spacial score (nSPS) is 12.5. The first-order chi connectivity index (χ1) is 11.6. The number of benzene rings is 2. The summed E-state index contributed by atoms with van der Waals surface area (Å²) in [6.07, 6.45) is 0.910. The molecule has 1 atom stereocenters. The number of aromatic nitrogens is 2. The molecule has 0 amide bonds. The summed E-state index contributed by atoms with van der Waals surface area (Å²) in [5, 5.41) is 0. The molecule has 0 saturated carbocycles. The molecule has 2 aromatic carbocycles. The number of nitrogens with zero attached hydrogens (tertiary/aromatic N) is 2. The third-order valence-corrected chi connectivity index (χ3v) is 4.34. The van der Waals surface area contributed by atoms with E-state index < -0.39 is 0 Å². The maximum Gasteiger partial charge on any atom is 0.126 e. The number of rotatable bonds is 6. The summed E-state index contributed by atoms with van der Waals surface area (Å²) in [5.41, 5.74) is 10.9. The van der Waals surface area contributed by atoms with Crippen LogP contribution in [0.15, 0.2) is 42.5 Å². The molecule has 1 unspecified atom stereocenters. The van der Waals surface area contributed by atoms with E-state index in [1.54, 1.807) is 0 Å². The van der Waals surface area contributed by atoms with Crippen molar-refractivity contribution in [1.82, 2.24) is 9.55 Å². The second kappa shape index (κ2) is 7.05. The van der Waals surface area contributed by atoms with Gasteiger partial charge in [0.25, 0.3) is 0 Å². The zero-order chi connectivity index (χ0) is 17.1. The molecule has 126 valence electrons. The van der Waals surface area contributed by atoms with Gasteiger partial charge in [0.2, 0.25) is 0 Å². The Labute approximate surface area is 143 Å². The minimum absolute atomic E-state index is 0.0898. The lowest BCUT2D eigenvalue weighted by molar-refractivity contribution is 0.301. The fourth-order valence-electron chi connectivity index (χ4n) is 2.91. The Bertz CT molecular complexity index is 822. The van der Waals surface area contributed by atoms with Crippen LogP contribution < -0.4 is 10.5 Å². The Kier molecular flexibility index (Phi) is 4.86. The van der Waals surface area contributed by atoms with Gasteiger partial charge in [-0.15, -0.1) is 0 Å². The van der Waals surface area contributed by atoms with Crippen LogP contribution in [-0.4, -0.2) is 16.2 Å². The molecule has 3 rings (SSSR count). The van der Waals surface area contributed by atoms with Crippen LogP contribution >= 0.6 is 0 Å². The Hall–Kier alpha value is -2.33. The number of nitrogens with two attached hydrogens (primary N) is 1. The van der Waals surface area contributed by atoms with E-state index in [1.165, 1.54) is 11.1 Å². The minimum atomic E-state index is -0.0898. The lowest BCUT2D eigenvalue weighted by Gasteiger charge is -2.12. The van der Waals surface area contributed by atoms with Crippen LogP contribution in [0.1, 0.15) is 36.3 Å². The standard InChI is InChI=1S/C20H25N3O/c1-14-12-18-19(13-15(14)2)23(20(22-18)16(3)21)10-7-11-24-17-8-5-4-6-9-17/h4-6,8-9,12-13,16H,7,10-11,21H2,1-3H3. The van der Waals surface area contributed by atoms with Crippen LogP contribution in [-0.2, 0) is 6.54 Å². The number of para-hydroxylation sites is 1. The number of hydrogen-bond donors (Lipinski definition) is 1. The quantitative estimate of drug-likeness (QED) is 0.694. The van der Waals surface area contributed by atoms with Gasteiger partial charge in [-0.3, -0.25) is 0 Å². The summed E-state index contributed by atoms with van der Waals surface area (Å²) in [7, 11) is 0. The number of imidazole rings is 1. The fraction of sp³-hybridized carbons (Fsp3) is 0.350. The van der Waals surface area contributed by atoms with Crippen LogP contribution in [0.5, 0.6) is 5.75 Å². The monoisotopic (exact) mass is 323 g/mol. The zero-order valence-electron chi connectivity index (χ0n) is 14.6. The predicted molar refractivity (Wildman–Crippen MR) is 98.4 cm³/mol. The van der Waals surface area contributed by atoms with E-state index in [2.05, 4.69) is 30.5 Å². The molecule has 4 heteroatoms. The molecular formula is C20H25N3O. The topological polar surface area (TPSA) is 53.1 Å². The molecule has 0 bridgehead atoms. The summed E-state index contributed by atoms with van der Waals surface area (Å²) in [5.74, 6) is 1.85. The first-order valence-electron chi connectivity index (χ1n) is 8.47. The highest BCUT2D eigenvalue weighted by Crippen LogP contribution is 2.23. The van der Waals surface area contributed by atoms with Crippen LogP contribution in [0.3, 0.4) is 0 Å². The average molecular weight is 323 g/mol.